The summed E-state index contributed by atoms with van der Waals surface area (Å²) in [7, 11) is 6.08. The highest BCUT2D eigenvalue weighted by atomic mass is 16.5. The molecule has 1 aliphatic rings. The molecule has 0 aliphatic carbocycles. The van der Waals surface area contributed by atoms with E-state index >= 15 is 0 Å². The molecule has 2 N–H and O–H groups in total. The fraction of sp³-hybridized carbons (Fsp3) is 0.625. The quantitative estimate of drug-likeness (QED) is 0.916. The molecular weight excluding hydrogens is 250 g/mol. The summed E-state index contributed by atoms with van der Waals surface area (Å²) >= 11 is 0. The van der Waals surface area contributed by atoms with Gasteiger partial charge in [0, 0.05) is 30.4 Å². The first-order valence-electron chi connectivity index (χ1n) is 7.38. The van der Waals surface area contributed by atoms with Crippen molar-refractivity contribution < 1.29 is 4.74 Å². The van der Waals surface area contributed by atoms with E-state index in [1.165, 1.54) is 18.5 Å². The van der Waals surface area contributed by atoms with Gasteiger partial charge in [0.25, 0.3) is 0 Å². The predicted molar refractivity (Wildman–Crippen MR) is 84.5 cm³/mol. The number of anilines is 1. The molecular formula is C16H27N3O. The van der Waals surface area contributed by atoms with Gasteiger partial charge in [-0.15, -0.1) is 0 Å². The zero-order valence-corrected chi connectivity index (χ0v) is 13.1. The molecule has 0 amide bonds. The number of nitrogens with two attached hydrogens (primary N) is 1. The largest absolute Gasteiger partial charge is 0.496 e. The van der Waals surface area contributed by atoms with E-state index in [1.807, 2.05) is 19.1 Å². The number of ether oxygens (including phenoxy) is 1. The van der Waals surface area contributed by atoms with Gasteiger partial charge in [0.15, 0.2) is 0 Å². The molecule has 1 saturated heterocycles. The molecule has 1 aromatic carbocycles. The maximum absolute atomic E-state index is 6.17. The molecule has 0 aromatic heterocycles. The first kappa shape index (κ1) is 15.1. The molecule has 0 spiro atoms. The Labute approximate surface area is 122 Å². The van der Waals surface area contributed by atoms with Crippen molar-refractivity contribution in [3.8, 4) is 5.75 Å². The van der Waals surface area contributed by atoms with Gasteiger partial charge >= 0.3 is 0 Å². The molecule has 20 heavy (non-hydrogen) atoms. The molecule has 0 saturated carbocycles. The number of hydrogen-bond acceptors (Lipinski definition) is 4. The number of methoxy groups -OCH3 is 1. The van der Waals surface area contributed by atoms with Gasteiger partial charge in [-0.05, 0) is 52.0 Å². The van der Waals surface area contributed by atoms with E-state index in [-0.39, 0.29) is 6.04 Å². The van der Waals surface area contributed by atoms with E-state index in [0.717, 1.165) is 24.4 Å². The molecule has 2 rings (SSSR count). The maximum Gasteiger partial charge on any atom is 0.125 e. The van der Waals surface area contributed by atoms with Crippen molar-refractivity contribution in [3.63, 3.8) is 0 Å². The van der Waals surface area contributed by atoms with Gasteiger partial charge in [0.2, 0.25) is 0 Å². The fourth-order valence-corrected chi connectivity index (χ4v) is 3.05. The van der Waals surface area contributed by atoms with E-state index in [4.69, 9.17) is 10.5 Å². The average molecular weight is 277 g/mol. The summed E-state index contributed by atoms with van der Waals surface area (Å²) in [6.07, 6.45) is 2.39. The van der Waals surface area contributed by atoms with Crippen LogP contribution in [0.3, 0.4) is 0 Å². The molecule has 112 valence electrons. The zero-order chi connectivity index (χ0) is 14.7. The average Bonchev–Trinajstić information content (AvgIpc) is 2.46. The minimum atomic E-state index is -0.0325. The van der Waals surface area contributed by atoms with Crippen LogP contribution in [0.4, 0.5) is 5.69 Å². The van der Waals surface area contributed by atoms with Crippen molar-refractivity contribution in [2.75, 3.05) is 39.2 Å². The van der Waals surface area contributed by atoms with Crippen molar-refractivity contribution in [1.29, 1.82) is 0 Å². The Morgan fingerprint density at radius 3 is 2.55 bits per heavy atom. The van der Waals surface area contributed by atoms with Crippen molar-refractivity contribution in [2.24, 2.45) is 5.73 Å². The van der Waals surface area contributed by atoms with Crippen LogP contribution >= 0.6 is 0 Å². The highest BCUT2D eigenvalue weighted by Gasteiger charge is 2.24. The number of likely N-dealkylation sites (tertiary alicyclic amines) is 1. The fourth-order valence-electron chi connectivity index (χ4n) is 3.05. The normalized spacial score (nSPS) is 18.9. The number of piperidine rings is 1. The summed E-state index contributed by atoms with van der Waals surface area (Å²) < 4.78 is 5.49. The van der Waals surface area contributed by atoms with Crippen molar-refractivity contribution in [2.45, 2.75) is 31.8 Å². The smallest absolute Gasteiger partial charge is 0.125 e. The lowest BCUT2D eigenvalue weighted by atomic mass is 9.99. The summed E-state index contributed by atoms with van der Waals surface area (Å²) in [6, 6.07) is 6.74. The van der Waals surface area contributed by atoms with Gasteiger partial charge in [-0.3, -0.25) is 0 Å². The SMILES string of the molecule is COc1cccc(N(C)C2CCN(C)CC2)c1C(C)N. The number of nitrogens with zero attached hydrogens (tertiary/aromatic N) is 2. The van der Waals surface area contributed by atoms with Crippen molar-refractivity contribution in [3.05, 3.63) is 23.8 Å². The lowest BCUT2D eigenvalue weighted by Gasteiger charge is -2.37. The topological polar surface area (TPSA) is 41.7 Å². The van der Waals surface area contributed by atoms with E-state index in [1.54, 1.807) is 7.11 Å². The Morgan fingerprint density at radius 1 is 1.35 bits per heavy atom. The van der Waals surface area contributed by atoms with Crippen LogP contribution in [-0.2, 0) is 0 Å². The highest BCUT2D eigenvalue weighted by Crippen LogP contribution is 2.35. The second kappa shape index (κ2) is 6.46. The summed E-state index contributed by atoms with van der Waals surface area (Å²) in [5, 5.41) is 0. The molecule has 0 bridgehead atoms. The lowest BCUT2D eigenvalue weighted by molar-refractivity contribution is 0.252. The van der Waals surface area contributed by atoms with E-state index in [2.05, 4.69) is 30.0 Å². The Balaban J connectivity index is 2.27. The van der Waals surface area contributed by atoms with Gasteiger partial charge in [-0.25, -0.2) is 0 Å². The highest BCUT2D eigenvalue weighted by molar-refractivity contribution is 5.61. The lowest BCUT2D eigenvalue weighted by Crippen LogP contribution is -2.42. The maximum atomic E-state index is 6.17. The van der Waals surface area contributed by atoms with Gasteiger partial charge in [-0.1, -0.05) is 6.07 Å². The van der Waals surface area contributed by atoms with Crippen LogP contribution in [0.5, 0.6) is 5.75 Å². The minimum absolute atomic E-state index is 0.0325. The molecule has 1 unspecified atom stereocenters. The van der Waals surface area contributed by atoms with Crippen molar-refractivity contribution in [1.82, 2.24) is 4.90 Å². The molecule has 4 heteroatoms. The molecule has 1 aromatic rings. The van der Waals surface area contributed by atoms with Gasteiger partial charge in [0.05, 0.1) is 7.11 Å². The Kier molecular flexibility index (Phi) is 4.89. The standard InChI is InChI=1S/C16H27N3O/c1-12(17)16-14(6-5-7-15(16)20-4)19(3)13-8-10-18(2)11-9-13/h5-7,12-13H,8-11,17H2,1-4H3. The van der Waals surface area contributed by atoms with Crippen LogP contribution in [0.2, 0.25) is 0 Å². The first-order valence-corrected chi connectivity index (χ1v) is 7.38. The second-order valence-corrected chi connectivity index (χ2v) is 5.83. The third-order valence-corrected chi connectivity index (χ3v) is 4.33. The molecule has 1 aliphatic heterocycles. The second-order valence-electron chi connectivity index (χ2n) is 5.83. The first-order chi connectivity index (χ1) is 9.54. The summed E-state index contributed by atoms with van der Waals surface area (Å²) in [5.41, 5.74) is 8.48. The number of rotatable bonds is 4. The van der Waals surface area contributed by atoms with Gasteiger partial charge in [0.1, 0.15) is 5.75 Å². The van der Waals surface area contributed by atoms with Crippen LogP contribution < -0.4 is 15.4 Å². The van der Waals surface area contributed by atoms with Crippen LogP contribution in [0.15, 0.2) is 18.2 Å². The Bertz CT molecular complexity index is 439. The third kappa shape index (κ3) is 3.07. The molecule has 1 atom stereocenters. The number of benzene rings is 1. The molecule has 1 fully saturated rings. The van der Waals surface area contributed by atoms with Crippen LogP contribution in [0, 0.1) is 0 Å². The predicted octanol–water partition coefficient (Wildman–Crippen LogP) is 2.25. The van der Waals surface area contributed by atoms with Crippen molar-refractivity contribution >= 4 is 5.69 Å². The van der Waals surface area contributed by atoms with Gasteiger partial charge in [-0.2, -0.15) is 0 Å². The number of hydrogen-bond donors (Lipinski definition) is 1. The third-order valence-electron chi connectivity index (χ3n) is 4.33. The Morgan fingerprint density at radius 2 is 2.00 bits per heavy atom. The minimum Gasteiger partial charge on any atom is -0.496 e. The monoisotopic (exact) mass is 277 g/mol. The summed E-state index contributed by atoms with van der Waals surface area (Å²) in [4.78, 5) is 4.77. The molecule has 0 radical (unpaired) electrons. The Hall–Kier alpha value is -1.26. The van der Waals surface area contributed by atoms with Crippen LogP contribution in [-0.4, -0.2) is 45.2 Å². The van der Waals surface area contributed by atoms with E-state index in [0.29, 0.717) is 6.04 Å². The van der Waals surface area contributed by atoms with E-state index < -0.39 is 0 Å². The van der Waals surface area contributed by atoms with Crippen LogP contribution in [0.25, 0.3) is 0 Å². The summed E-state index contributed by atoms with van der Waals surface area (Å²) in [5.74, 6) is 0.886. The summed E-state index contributed by atoms with van der Waals surface area (Å²) in [6.45, 7) is 4.34. The molecule has 4 nitrogen and oxygen atoms in total. The zero-order valence-electron chi connectivity index (χ0n) is 13.1. The van der Waals surface area contributed by atoms with Gasteiger partial charge < -0.3 is 20.3 Å². The molecule has 1 heterocycles. The van der Waals surface area contributed by atoms with E-state index in [9.17, 15) is 0 Å². The van der Waals surface area contributed by atoms with Crippen LogP contribution in [0.1, 0.15) is 31.4 Å².